The number of aliphatic imine (C=N–C) groups is 1. The third-order valence-corrected chi connectivity index (χ3v) is 4.82. The fourth-order valence-electron chi connectivity index (χ4n) is 3.38. The van der Waals surface area contributed by atoms with E-state index in [0.717, 1.165) is 38.5 Å². The Morgan fingerprint density at radius 3 is 2.78 bits per heavy atom. The molecule has 1 saturated carbocycles. The largest absolute Gasteiger partial charge is 0.385 e. The van der Waals surface area contributed by atoms with Gasteiger partial charge in [-0.05, 0) is 36.7 Å². The Morgan fingerprint density at radius 1 is 1.39 bits per heavy atom. The first kappa shape index (κ1) is 17.8. The van der Waals surface area contributed by atoms with Gasteiger partial charge in [0.15, 0.2) is 5.96 Å². The van der Waals surface area contributed by atoms with Gasteiger partial charge in [0.2, 0.25) is 0 Å². The van der Waals surface area contributed by atoms with Gasteiger partial charge in [0.25, 0.3) is 0 Å². The summed E-state index contributed by atoms with van der Waals surface area (Å²) in [6.45, 7) is 2.67. The lowest BCUT2D eigenvalue weighted by Gasteiger charge is -2.29. The number of rotatable bonds is 8. The maximum absolute atomic E-state index is 5.30. The number of methoxy groups -OCH3 is 1. The molecule has 6 nitrogen and oxygen atoms in total. The molecular weight excluding hydrogens is 290 g/mol. The van der Waals surface area contributed by atoms with Crippen LogP contribution >= 0.6 is 0 Å². The topological polar surface area (TPSA) is 63.5 Å². The SMILES string of the molecule is CN=C(NCCc1cnn(C)c1)NCC1(CCOC)CCCC1. The second-order valence-electron chi connectivity index (χ2n) is 6.57. The van der Waals surface area contributed by atoms with Gasteiger partial charge in [-0.2, -0.15) is 5.10 Å². The van der Waals surface area contributed by atoms with Crippen LogP contribution in [0.3, 0.4) is 0 Å². The number of hydrogen-bond acceptors (Lipinski definition) is 3. The summed E-state index contributed by atoms with van der Waals surface area (Å²) in [5.74, 6) is 0.887. The van der Waals surface area contributed by atoms with E-state index in [9.17, 15) is 0 Å². The van der Waals surface area contributed by atoms with Gasteiger partial charge in [0.05, 0.1) is 6.20 Å². The van der Waals surface area contributed by atoms with Gasteiger partial charge in [-0.3, -0.25) is 9.67 Å². The second-order valence-corrected chi connectivity index (χ2v) is 6.57. The molecule has 2 N–H and O–H groups in total. The number of nitrogens with zero attached hydrogens (tertiary/aromatic N) is 3. The highest BCUT2D eigenvalue weighted by atomic mass is 16.5. The van der Waals surface area contributed by atoms with Crippen molar-refractivity contribution in [3.05, 3.63) is 18.0 Å². The summed E-state index contributed by atoms with van der Waals surface area (Å²) in [5, 5.41) is 11.1. The van der Waals surface area contributed by atoms with Crippen molar-refractivity contribution < 1.29 is 4.74 Å². The van der Waals surface area contributed by atoms with Gasteiger partial charge in [0.1, 0.15) is 0 Å². The van der Waals surface area contributed by atoms with Gasteiger partial charge < -0.3 is 15.4 Å². The number of nitrogens with one attached hydrogen (secondary N) is 2. The molecule has 1 heterocycles. The molecule has 0 aliphatic heterocycles. The summed E-state index contributed by atoms with van der Waals surface area (Å²) in [4.78, 5) is 4.34. The van der Waals surface area contributed by atoms with Gasteiger partial charge in [0, 0.05) is 47.1 Å². The Balaban J connectivity index is 1.75. The van der Waals surface area contributed by atoms with Crippen LogP contribution in [0.25, 0.3) is 0 Å². The molecule has 130 valence electrons. The van der Waals surface area contributed by atoms with Crippen LogP contribution in [0.5, 0.6) is 0 Å². The van der Waals surface area contributed by atoms with Crippen LogP contribution in [0.1, 0.15) is 37.7 Å². The smallest absolute Gasteiger partial charge is 0.191 e. The molecule has 0 bridgehead atoms. The van der Waals surface area contributed by atoms with Gasteiger partial charge >= 0.3 is 0 Å². The van der Waals surface area contributed by atoms with Crippen molar-refractivity contribution in [1.29, 1.82) is 0 Å². The van der Waals surface area contributed by atoms with Crippen LogP contribution in [-0.2, 0) is 18.2 Å². The van der Waals surface area contributed by atoms with Crippen molar-refractivity contribution >= 4 is 5.96 Å². The van der Waals surface area contributed by atoms with E-state index in [2.05, 4.69) is 26.9 Å². The number of guanidine groups is 1. The highest BCUT2D eigenvalue weighted by Crippen LogP contribution is 2.40. The van der Waals surface area contributed by atoms with E-state index in [-0.39, 0.29) is 0 Å². The molecule has 0 amide bonds. The first-order chi connectivity index (χ1) is 11.2. The summed E-state index contributed by atoms with van der Waals surface area (Å²) in [6, 6.07) is 0. The first-order valence-electron chi connectivity index (χ1n) is 8.58. The average Bonchev–Trinajstić information content (AvgIpc) is 3.18. The molecule has 1 aliphatic carbocycles. The summed E-state index contributed by atoms with van der Waals surface area (Å²) in [5.41, 5.74) is 1.61. The first-order valence-corrected chi connectivity index (χ1v) is 8.58. The molecule has 0 saturated heterocycles. The minimum atomic E-state index is 0.372. The maximum atomic E-state index is 5.30. The second kappa shape index (κ2) is 8.91. The lowest BCUT2D eigenvalue weighted by atomic mass is 9.83. The molecule has 0 radical (unpaired) electrons. The minimum Gasteiger partial charge on any atom is -0.385 e. The van der Waals surface area contributed by atoms with E-state index < -0.39 is 0 Å². The third-order valence-electron chi connectivity index (χ3n) is 4.82. The van der Waals surface area contributed by atoms with E-state index in [1.807, 2.05) is 25.0 Å². The van der Waals surface area contributed by atoms with Crippen molar-refractivity contribution in [3.63, 3.8) is 0 Å². The Morgan fingerprint density at radius 2 is 2.17 bits per heavy atom. The maximum Gasteiger partial charge on any atom is 0.191 e. The Hall–Kier alpha value is -1.56. The number of aromatic nitrogens is 2. The minimum absolute atomic E-state index is 0.372. The molecule has 0 aromatic carbocycles. The summed E-state index contributed by atoms with van der Waals surface area (Å²) in [7, 11) is 5.56. The van der Waals surface area contributed by atoms with E-state index in [1.165, 1.54) is 31.2 Å². The summed E-state index contributed by atoms with van der Waals surface area (Å²) >= 11 is 0. The standard InChI is InChI=1S/C17H31N5O/c1-18-16(19-10-6-15-12-21-22(2)13-15)20-14-17(9-11-23-3)7-4-5-8-17/h12-13H,4-11,14H2,1-3H3,(H2,18,19,20). The van der Waals surface area contributed by atoms with Crippen molar-refractivity contribution in [2.75, 3.05) is 33.9 Å². The number of aryl methyl sites for hydroxylation is 1. The van der Waals surface area contributed by atoms with E-state index >= 15 is 0 Å². The Bertz CT molecular complexity index is 491. The van der Waals surface area contributed by atoms with Crippen molar-refractivity contribution in [1.82, 2.24) is 20.4 Å². The van der Waals surface area contributed by atoms with Crippen LogP contribution in [0, 0.1) is 5.41 Å². The van der Waals surface area contributed by atoms with Gasteiger partial charge in [-0.1, -0.05) is 12.8 Å². The van der Waals surface area contributed by atoms with E-state index in [0.29, 0.717) is 5.41 Å². The fourth-order valence-corrected chi connectivity index (χ4v) is 3.38. The predicted octanol–water partition coefficient (Wildman–Crippen LogP) is 1.72. The van der Waals surface area contributed by atoms with Crippen LogP contribution in [0.15, 0.2) is 17.4 Å². The molecule has 2 rings (SSSR count). The monoisotopic (exact) mass is 321 g/mol. The zero-order chi connectivity index (χ0) is 16.5. The highest BCUT2D eigenvalue weighted by molar-refractivity contribution is 5.79. The zero-order valence-electron chi connectivity index (χ0n) is 14.8. The van der Waals surface area contributed by atoms with Crippen LogP contribution in [-0.4, -0.2) is 49.6 Å². The molecule has 0 atom stereocenters. The van der Waals surface area contributed by atoms with Crippen molar-refractivity contribution in [2.24, 2.45) is 17.5 Å². The predicted molar refractivity (Wildman–Crippen MR) is 93.7 cm³/mol. The summed E-state index contributed by atoms with van der Waals surface area (Å²) in [6.07, 6.45) is 11.3. The van der Waals surface area contributed by atoms with Crippen LogP contribution in [0.2, 0.25) is 0 Å². The molecule has 1 fully saturated rings. The molecule has 6 heteroatoms. The van der Waals surface area contributed by atoms with Crippen LogP contribution in [0.4, 0.5) is 0 Å². The molecule has 1 aliphatic rings. The molecule has 1 aromatic heterocycles. The molecule has 23 heavy (non-hydrogen) atoms. The highest BCUT2D eigenvalue weighted by Gasteiger charge is 2.33. The van der Waals surface area contributed by atoms with Gasteiger partial charge in [-0.15, -0.1) is 0 Å². The quantitative estimate of drug-likeness (QED) is 0.565. The lowest BCUT2D eigenvalue weighted by Crippen LogP contribution is -2.43. The van der Waals surface area contributed by atoms with Crippen LogP contribution < -0.4 is 10.6 Å². The summed E-state index contributed by atoms with van der Waals surface area (Å²) < 4.78 is 7.13. The zero-order valence-corrected chi connectivity index (χ0v) is 14.8. The normalized spacial score (nSPS) is 17.4. The molecule has 0 spiro atoms. The van der Waals surface area contributed by atoms with Crippen molar-refractivity contribution in [3.8, 4) is 0 Å². The fraction of sp³-hybridized carbons (Fsp3) is 0.765. The molecular formula is C17H31N5O. The van der Waals surface area contributed by atoms with Crippen molar-refractivity contribution in [2.45, 2.75) is 38.5 Å². The Labute approximate surface area is 139 Å². The van der Waals surface area contributed by atoms with E-state index in [1.54, 1.807) is 7.11 Å². The number of ether oxygens (including phenoxy) is 1. The average molecular weight is 321 g/mol. The molecule has 0 unspecified atom stereocenters. The number of hydrogen-bond donors (Lipinski definition) is 2. The molecule has 1 aromatic rings. The van der Waals surface area contributed by atoms with Gasteiger partial charge in [-0.25, -0.2) is 0 Å². The third kappa shape index (κ3) is 5.53. The lowest BCUT2D eigenvalue weighted by molar-refractivity contribution is 0.138. The van der Waals surface area contributed by atoms with E-state index in [4.69, 9.17) is 4.74 Å². The Kier molecular flexibility index (Phi) is 6.89.